The number of cyclic esters (lactones) is 1. The maximum atomic E-state index is 12.5. The van der Waals surface area contributed by atoms with Crippen molar-refractivity contribution >= 4 is 18.1 Å². The molecule has 0 N–H and O–H groups in total. The fraction of sp³-hybridized carbons (Fsp3) is 0.158. The molecule has 2 amide bonds. The van der Waals surface area contributed by atoms with E-state index in [4.69, 9.17) is 4.74 Å². The van der Waals surface area contributed by atoms with Gasteiger partial charge < -0.3 is 4.74 Å². The van der Waals surface area contributed by atoms with E-state index >= 15 is 0 Å². The van der Waals surface area contributed by atoms with E-state index in [-0.39, 0.29) is 18.6 Å². The lowest BCUT2D eigenvalue weighted by molar-refractivity contribution is -0.124. The first kappa shape index (κ1) is 15.0. The number of hydrogen-bond donors (Lipinski definition) is 0. The largest absolute Gasteiger partial charge is 0.446 e. The van der Waals surface area contributed by atoms with E-state index in [0.29, 0.717) is 0 Å². The first-order chi connectivity index (χ1) is 11.2. The third kappa shape index (κ3) is 3.16. The number of nitrogens with zero attached hydrogens (tertiary/aromatic N) is 1. The minimum atomic E-state index is -0.599. The van der Waals surface area contributed by atoms with Crippen LogP contribution in [0.2, 0.25) is 0 Å². The van der Waals surface area contributed by atoms with E-state index in [1.165, 1.54) is 11.0 Å². The molecule has 1 saturated heterocycles. The Hall–Kier alpha value is -2.88. The van der Waals surface area contributed by atoms with Gasteiger partial charge in [-0.1, -0.05) is 54.6 Å². The Bertz CT molecular complexity index is 752. The Morgan fingerprint density at radius 2 is 1.83 bits per heavy atom. The SMILES string of the molecule is Cc1ccccc1/C=C/C(=O)N1C(=O)OC[C@@H]1c1ccccc1. The summed E-state index contributed by atoms with van der Waals surface area (Å²) in [6, 6.07) is 16.8. The van der Waals surface area contributed by atoms with Gasteiger partial charge in [-0.25, -0.2) is 9.69 Å². The van der Waals surface area contributed by atoms with Gasteiger partial charge in [0.05, 0.1) is 0 Å². The quantitative estimate of drug-likeness (QED) is 0.812. The van der Waals surface area contributed by atoms with E-state index in [1.807, 2.05) is 61.5 Å². The lowest BCUT2D eigenvalue weighted by Gasteiger charge is -2.18. The molecule has 23 heavy (non-hydrogen) atoms. The van der Waals surface area contributed by atoms with Crippen LogP contribution >= 0.6 is 0 Å². The molecule has 0 saturated carbocycles. The molecule has 0 spiro atoms. The van der Waals surface area contributed by atoms with Crippen LogP contribution in [0.4, 0.5) is 4.79 Å². The molecule has 0 bridgehead atoms. The molecule has 4 nitrogen and oxygen atoms in total. The van der Waals surface area contributed by atoms with Gasteiger partial charge >= 0.3 is 6.09 Å². The summed E-state index contributed by atoms with van der Waals surface area (Å²) in [5.74, 6) is -0.371. The highest BCUT2D eigenvalue weighted by Gasteiger charge is 2.37. The first-order valence-electron chi connectivity index (χ1n) is 7.45. The normalized spacial score (nSPS) is 17.5. The summed E-state index contributed by atoms with van der Waals surface area (Å²) in [4.78, 5) is 25.6. The van der Waals surface area contributed by atoms with Gasteiger partial charge in [-0.3, -0.25) is 4.79 Å². The molecule has 1 aliphatic heterocycles. The van der Waals surface area contributed by atoms with Crippen LogP contribution in [0.5, 0.6) is 0 Å². The van der Waals surface area contributed by atoms with Crippen LogP contribution in [-0.4, -0.2) is 23.5 Å². The zero-order valence-corrected chi connectivity index (χ0v) is 12.8. The highest BCUT2D eigenvalue weighted by Crippen LogP contribution is 2.28. The van der Waals surface area contributed by atoms with Crippen molar-refractivity contribution < 1.29 is 14.3 Å². The molecule has 0 aromatic heterocycles. The maximum Gasteiger partial charge on any atom is 0.417 e. The number of aryl methyl sites for hydroxylation is 1. The predicted octanol–water partition coefficient (Wildman–Crippen LogP) is 3.73. The summed E-state index contributed by atoms with van der Waals surface area (Å²) in [5.41, 5.74) is 2.90. The number of benzene rings is 2. The number of imide groups is 1. The molecule has 0 unspecified atom stereocenters. The fourth-order valence-electron chi connectivity index (χ4n) is 2.60. The molecule has 0 radical (unpaired) electrons. The van der Waals surface area contributed by atoms with Crippen molar-refractivity contribution in [3.05, 3.63) is 77.4 Å². The van der Waals surface area contributed by atoms with Gasteiger partial charge in [0.25, 0.3) is 5.91 Å². The Morgan fingerprint density at radius 3 is 2.57 bits per heavy atom. The molecule has 4 heteroatoms. The Labute approximate surface area is 135 Å². The number of hydrogen-bond acceptors (Lipinski definition) is 3. The summed E-state index contributed by atoms with van der Waals surface area (Å²) in [6.45, 7) is 2.16. The number of rotatable bonds is 3. The lowest BCUT2D eigenvalue weighted by atomic mass is 10.1. The van der Waals surface area contributed by atoms with Crippen molar-refractivity contribution in [1.29, 1.82) is 0 Å². The van der Waals surface area contributed by atoms with Crippen LogP contribution in [-0.2, 0) is 9.53 Å². The molecule has 116 valence electrons. The zero-order valence-electron chi connectivity index (χ0n) is 12.8. The maximum absolute atomic E-state index is 12.5. The zero-order chi connectivity index (χ0) is 16.2. The fourth-order valence-corrected chi connectivity index (χ4v) is 2.60. The second-order valence-corrected chi connectivity index (χ2v) is 5.40. The van der Waals surface area contributed by atoms with E-state index in [0.717, 1.165) is 16.7 Å². The van der Waals surface area contributed by atoms with Gasteiger partial charge in [0.2, 0.25) is 0 Å². The summed E-state index contributed by atoms with van der Waals surface area (Å²) >= 11 is 0. The molecule has 2 aromatic rings. The van der Waals surface area contributed by atoms with Crippen molar-refractivity contribution in [3.63, 3.8) is 0 Å². The van der Waals surface area contributed by atoms with Crippen LogP contribution < -0.4 is 0 Å². The van der Waals surface area contributed by atoms with Gasteiger partial charge in [0, 0.05) is 6.08 Å². The number of carbonyl (C=O) groups is 2. The highest BCUT2D eigenvalue weighted by atomic mass is 16.6. The van der Waals surface area contributed by atoms with E-state index < -0.39 is 6.09 Å². The van der Waals surface area contributed by atoms with Gasteiger partial charge in [-0.2, -0.15) is 0 Å². The minimum Gasteiger partial charge on any atom is -0.446 e. The topological polar surface area (TPSA) is 46.6 Å². The van der Waals surface area contributed by atoms with Crippen molar-refractivity contribution in [1.82, 2.24) is 4.90 Å². The molecule has 3 rings (SSSR count). The predicted molar refractivity (Wildman–Crippen MR) is 87.6 cm³/mol. The molecule has 1 fully saturated rings. The van der Waals surface area contributed by atoms with Gasteiger partial charge in [-0.05, 0) is 29.7 Å². The number of ether oxygens (including phenoxy) is 1. The smallest absolute Gasteiger partial charge is 0.417 e. The van der Waals surface area contributed by atoms with Crippen molar-refractivity contribution in [2.75, 3.05) is 6.61 Å². The van der Waals surface area contributed by atoms with Gasteiger partial charge in [0.15, 0.2) is 0 Å². The Kier molecular flexibility index (Phi) is 4.24. The van der Waals surface area contributed by atoms with E-state index in [9.17, 15) is 9.59 Å². The monoisotopic (exact) mass is 307 g/mol. The standard InChI is InChI=1S/C19H17NO3/c1-14-7-5-6-8-15(14)11-12-18(21)20-17(13-23-19(20)22)16-9-3-2-4-10-16/h2-12,17H,13H2,1H3/b12-11+/t17-/m1/s1. The van der Waals surface area contributed by atoms with Crippen LogP contribution in [0.15, 0.2) is 60.7 Å². The Balaban J connectivity index is 1.82. The molecule has 1 heterocycles. The van der Waals surface area contributed by atoms with Crippen molar-refractivity contribution in [3.8, 4) is 0 Å². The molecular formula is C19H17NO3. The second-order valence-electron chi connectivity index (χ2n) is 5.40. The third-order valence-electron chi connectivity index (χ3n) is 3.89. The summed E-state index contributed by atoms with van der Waals surface area (Å²) in [6.07, 6.45) is 2.55. The van der Waals surface area contributed by atoms with Gasteiger partial charge in [-0.15, -0.1) is 0 Å². The second kappa shape index (κ2) is 6.48. The van der Waals surface area contributed by atoms with E-state index in [2.05, 4.69) is 0 Å². The van der Waals surface area contributed by atoms with Gasteiger partial charge in [0.1, 0.15) is 12.6 Å². The molecule has 1 aliphatic rings. The molecular weight excluding hydrogens is 290 g/mol. The van der Waals surface area contributed by atoms with Crippen LogP contribution in [0, 0.1) is 6.92 Å². The van der Waals surface area contributed by atoms with Crippen LogP contribution in [0.1, 0.15) is 22.7 Å². The highest BCUT2D eigenvalue weighted by molar-refractivity contribution is 6.02. The number of amides is 2. The van der Waals surface area contributed by atoms with Crippen molar-refractivity contribution in [2.24, 2.45) is 0 Å². The first-order valence-corrected chi connectivity index (χ1v) is 7.45. The molecule has 2 aromatic carbocycles. The summed E-state index contributed by atoms with van der Waals surface area (Å²) in [7, 11) is 0. The third-order valence-corrected chi connectivity index (χ3v) is 3.89. The molecule has 1 atom stereocenters. The number of carbonyl (C=O) groups excluding carboxylic acids is 2. The summed E-state index contributed by atoms with van der Waals surface area (Å²) in [5, 5.41) is 0. The van der Waals surface area contributed by atoms with Crippen LogP contribution in [0.3, 0.4) is 0 Å². The summed E-state index contributed by atoms with van der Waals surface area (Å²) < 4.78 is 5.06. The van der Waals surface area contributed by atoms with Crippen LogP contribution in [0.25, 0.3) is 6.08 Å². The van der Waals surface area contributed by atoms with Crippen molar-refractivity contribution in [2.45, 2.75) is 13.0 Å². The average molecular weight is 307 g/mol. The lowest BCUT2D eigenvalue weighted by Crippen LogP contribution is -2.32. The molecule has 0 aliphatic carbocycles. The Morgan fingerprint density at radius 1 is 1.13 bits per heavy atom. The average Bonchev–Trinajstić information content (AvgIpc) is 2.96. The van der Waals surface area contributed by atoms with E-state index in [1.54, 1.807) is 6.08 Å². The minimum absolute atomic E-state index is 0.187.